The number of anilines is 2. The summed E-state index contributed by atoms with van der Waals surface area (Å²) < 4.78 is 0. The van der Waals surface area contributed by atoms with Crippen molar-refractivity contribution in [3.8, 4) is 0 Å². The first-order chi connectivity index (χ1) is 9.56. The SMILES string of the molecule is CC(=O)Nc1ccc(Cl)c(NC(=O)C2CCCNC2)c1.Cl. The van der Waals surface area contributed by atoms with Crippen molar-refractivity contribution in [1.82, 2.24) is 5.32 Å². The molecule has 0 aliphatic carbocycles. The molecule has 1 heterocycles. The Morgan fingerprint density at radius 1 is 1.33 bits per heavy atom. The molecule has 0 saturated carbocycles. The Morgan fingerprint density at radius 2 is 2.10 bits per heavy atom. The highest BCUT2D eigenvalue weighted by atomic mass is 35.5. The molecule has 21 heavy (non-hydrogen) atoms. The molecule has 1 unspecified atom stereocenters. The molecule has 0 spiro atoms. The molecular weight excluding hydrogens is 313 g/mol. The van der Waals surface area contributed by atoms with Crippen molar-refractivity contribution < 1.29 is 9.59 Å². The van der Waals surface area contributed by atoms with Gasteiger partial charge in [-0.1, -0.05) is 11.6 Å². The van der Waals surface area contributed by atoms with Crippen molar-refractivity contribution in [1.29, 1.82) is 0 Å². The standard InChI is InChI=1S/C14H18ClN3O2.ClH/c1-9(19)17-11-4-5-12(15)13(7-11)18-14(20)10-3-2-6-16-8-10;/h4-5,7,10,16H,2-3,6,8H2,1H3,(H,17,19)(H,18,20);1H. The Morgan fingerprint density at radius 3 is 2.71 bits per heavy atom. The van der Waals surface area contributed by atoms with Crippen LogP contribution in [0.15, 0.2) is 18.2 Å². The number of amides is 2. The van der Waals surface area contributed by atoms with Gasteiger partial charge >= 0.3 is 0 Å². The van der Waals surface area contributed by atoms with Gasteiger partial charge in [-0.05, 0) is 37.6 Å². The minimum Gasteiger partial charge on any atom is -0.326 e. The molecule has 1 atom stereocenters. The molecule has 2 amide bonds. The highest BCUT2D eigenvalue weighted by Crippen LogP contribution is 2.26. The van der Waals surface area contributed by atoms with E-state index < -0.39 is 0 Å². The Kier molecular flexibility index (Phi) is 6.95. The summed E-state index contributed by atoms with van der Waals surface area (Å²) in [7, 11) is 0. The third-order valence-electron chi connectivity index (χ3n) is 3.21. The number of carbonyl (C=O) groups excluding carboxylic acids is 2. The van der Waals surface area contributed by atoms with Crippen LogP contribution in [-0.2, 0) is 9.59 Å². The van der Waals surface area contributed by atoms with Gasteiger partial charge in [-0.15, -0.1) is 12.4 Å². The Balaban J connectivity index is 0.00000220. The summed E-state index contributed by atoms with van der Waals surface area (Å²) in [5.41, 5.74) is 1.13. The molecule has 1 aliphatic rings. The Hall–Kier alpha value is -1.30. The van der Waals surface area contributed by atoms with Crippen LogP contribution in [0.2, 0.25) is 5.02 Å². The van der Waals surface area contributed by atoms with E-state index >= 15 is 0 Å². The molecule has 0 bridgehead atoms. The Bertz CT molecular complexity index is 517. The molecule has 7 heteroatoms. The van der Waals surface area contributed by atoms with Gasteiger partial charge in [-0.2, -0.15) is 0 Å². The second kappa shape index (κ2) is 8.22. The average molecular weight is 332 g/mol. The monoisotopic (exact) mass is 331 g/mol. The molecule has 1 fully saturated rings. The third-order valence-corrected chi connectivity index (χ3v) is 3.54. The van der Waals surface area contributed by atoms with E-state index in [0.717, 1.165) is 19.4 Å². The zero-order chi connectivity index (χ0) is 14.5. The van der Waals surface area contributed by atoms with Crippen molar-refractivity contribution in [2.24, 2.45) is 5.92 Å². The van der Waals surface area contributed by atoms with Gasteiger partial charge in [0, 0.05) is 19.2 Å². The summed E-state index contributed by atoms with van der Waals surface area (Å²) >= 11 is 6.07. The van der Waals surface area contributed by atoms with Crippen molar-refractivity contribution in [2.45, 2.75) is 19.8 Å². The van der Waals surface area contributed by atoms with Crippen molar-refractivity contribution in [3.05, 3.63) is 23.2 Å². The predicted molar refractivity (Wildman–Crippen MR) is 87.2 cm³/mol. The van der Waals surface area contributed by atoms with Crippen LogP contribution in [-0.4, -0.2) is 24.9 Å². The first kappa shape index (κ1) is 17.8. The lowest BCUT2D eigenvalue weighted by Gasteiger charge is -2.22. The van der Waals surface area contributed by atoms with E-state index in [0.29, 0.717) is 22.9 Å². The molecule has 0 aromatic heterocycles. The van der Waals surface area contributed by atoms with Gasteiger partial charge in [0.25, 0.3) is 0 Å². The van der Waals surface area contributed by atoms with Crippen LogP contribution in [0.5, 0.6) is 0 Å². The van der Waals surface area contributed by atoms with Gasteiger partial charge in [0.1, 0.15) is 0 Å². The molecule has 1 aromatic rings. The lowest BCUT2D eigenvalue weighted by molar-refractivity contribution is -0.120. The van der Waals surface area contributed by atoms with Crippen LogP contribution in [0.4, 0.5) is 11.4 Å². The molecule has 1 saturated heterocycles. The fourth-order valence-corrected chi connectivity index (χ4v) is 2.38. The maximum atomic E-state index is 12.2. The van der Waals surface area contributed by atoms with Crippen LogP contribution in [0.25, 0.3) is 0 Å². The molecule has 0 radical (unpaired) electrons. The number of carbonyl (C=O) groups is 2. The van der Waals surface area contributed by atoms with Gasteiger partial charge in [-0.25, -0.2) is 0 Å². The summed E-state index contributed by atoms with van der Waals surface area (Å²) in [5.74, 6) is -0.246. The van der Waals surface area contributed by atoms with E-state index in [-0.39, 0.29) is 30.1 Å². The summed E-state index contributed by atoms with van der Waals surface area (Å²) in [6.07, 6.45) is 1.87. The van der Waals surface area contributed by atoms with Gasteiger partial charge in [0.15, 0.2) is 0 Å². The predicted octanol–water partition coefficient (Wildman–Crippen LogP) is 2.66. The topological polar surface area (TPSA) is 70.2 Å². The summed E-state index contributed by atoms with van der Waals surface area (Å²) in [4.78, 5) is 23.2. The number of piperidine rings is 1. The van der Waals surface area contributed by atoms with E-state index in [2.05, 4.69) is 16.0 Å². The maximum absolute atomic E-state index is 12.2. The number of benzene rings is 1. The van der Waals surface area contributed by atoms with Gasteiger partial charge in [0.2, 0.25) is 11.8 Å². The van der Waals surface area contributed by atoms with E-state index in [4.69, 9.17) is 11.6 Å². The van der Waals surface area contributed by atoms with Gasteiger partial charge < -0.3 is 16.0 Å². The minimum absolute atomic E-state index is 0. The van der Waals surface area contributed by atoms with E-state index in [1.807, 2.05) is 0 Å². The van der Waals surface area contributed by atoms with Crippen molar-refractivity contribution in [3.63, 3.8) is 0 Å². The quantitative estimate of drug-likeness (QED) is 0.797. The second-order valence-electron chi connectivity index (χ2n) is 4.91. The zero-order valence-electron chi connectivity index (χ0n) is 11.7. The minimum atomic E-state index is -0.166. The maximum Gasteiger partial charge on any atom is 0.228 e. The van der Waals surface area contributed by atoms with Gasteiger partial charge in [0.05, 0.1) is 16.6 Å². The summed E-state index contributed by atoms with van der Waals surface area (Å²) in [6, 6.07) is 5.01. The lowest BCUT2D eigenvalue weighted by Crippen LogP contribution is -2.37. The normalized spacial score (nSPS) is 17.5. The van der Waals surface area contributed by atoms with E-state index in [1.165, 1.54) is 6.92 Å². The molecule has 3 N–H and O–H groups in total. The van der Waals surface area contributed by atoms with Gasteiger partial charge in [-0.3, -0.25) is 9.59 Å². The molecule has 5 nitrogen and oxygen atoms in total. The molecular formula is C14H19Cl2N3O2. The fraction of sp³-hybridized carbons (Fsp3) is 0.429. The van der Waals surface area contributed by atoms with Crippen LogP contribution in [0.3, 0.4) is 0 Å². The number of nitrogens with one attached hydrogen (secondary N) is 3. The average Bonchev–Trinajstić information content (AvgIpc) is 2.43. The van der Waals surface area contributed by atoms with E-state index in [1.54, 1.807) is 18.2 Å². The van der Waals surface area contributed by atoms with Crippen LogP contribution in [0.1, 0.15) is 19.8 Å². The first-order valence-corrected chi connectivity index (χ1v) is 7.03. The lowest BCUT2D eigenvalue weighted by atomic mass is 9.99. The van der Waals surface area contributed by atoms with Crippen molar-refractivity contribution in [2.75, 3.05) is 23.7 Å². The highest BCUT2D eigenvalue weighted by Gasteiger charge is 2.21. The third kappa shape index (κ3) is 5.19. The molecule has 116 valence electrons. The second-order valence-corrected chi connectivity index (χ2v) is 5.32. The fourth-order valence-electron chi connectivity index (χ4n) is 2.21. The van der Waals surface area contributed by atoms with Crippen LogP contribution >= 0.6 is 24.0 Å². The number of hydrogen-bond donors (Lipinski definition) is 3. The first-order valence-electron chi connectivity index (χ1n) is 6.65. The molecule has 1 aliphatic heterocycles. The van der Waals surface area contributed by atoms with Crippen LogP contribution < -0.4 is 16.0 Å². The molecule has 2 rings (SSSR count). The van der Waals surface area contributed by atoms with Crippen LogP contribution in [0, 0.1) is 5.92 Å². The van der Waals surface area contributed by atoms with Crippen molar-refractivity contribution >= 4 is 47.2 Å². The zero-order valence-corrected chi connectivity index (χ0v) is 13.3. The summed E-state index contributed by atoms with van der Waals surface area (Å²) in [5, 5.41) is 9.15. The highest BCUT2D eigenvalue weighted by molar-refractivity contribution is 6.33. The number of hydrogen-bond acceptors (Lipinski definition) is 3. The Labute approximate surface area is 135 Å². The summed E-state index contributed by atoms with van der Waals surface area (Å²) in [6.45, 7) is 3.08. The number of rotatable bonds is 3. The molecule has 1 aromatic carbocycles. The smallest absolute Gasteiger partial charge is 0.228 e. The number of halogens is 2. The van der Waals surface area contributed by atoms with E-state index in [9.17, 15) is 9.59 Å². The largest absolute Gasteiger partial charge is 0.326 e.